The number of carbonyl (C=O) groups excluding carboxylic acids is 1. The standard InChI is InChI=1S/C17H14N2O2/c20-17(16-11-13-15(21-16)8-3-9-18-13)19-10-4-6-12-5-1-2-7-14(12)19/h1-3,5,7-9,11H,4,6,10H2. The van der Waals surface area contributed by atoms with E-state index in [1.54, 1.807) is 23.2 Å². The molecule has 1 aliphatic rings. The van der Waals surface area contributed by atoms with Crippen molar-refractivity contribution in [2.45, 2.75) is 12.8 Å². The second kappa shape index (κ2) is 4.74. The Hall–Kier alpha value is -2.62. The van der Waals surface area contributed by atoms with Crippen LogP contribution in [0.25, 0.3) is 11.1 Å². The van der Waals surface area contributed by atoms with E-state index in [-0.39, 0.29) is 5.91 Å². The van der Waals surface area contributed by atoms with E-state index in [2.05, 4.69) is 11.1 Å². The number of carbonyl (C=O) groups is 1. The van der Waals surface area contributed by atoms with Gasteiger partial charge in [-0.2, -0.15) is 0 Å². The number of anilines is 1. The molecule has 0 fully saturated rings. The Labute approximate surface area is 122 Å². The van der Waals surface area contributed by atoms with Crippen LogP contribution in [0.3, 0.4) is 0 Å². The van der Waals surface area contributed by atoms with E-state index in [1.165, 1.54) is 5.56 Å². The molecule has 2 aromatic heterocycles. The monoisotopic (exact) mass is 278 g/mol. The first-order valence-electron chi connectivity index (χ1n) is 7.07. The maximum atomic E-state index is 12.7. The third-order valence-electron chi connectivity index (χ3n) is 3.85. The molecule has 104 valence electrons. The lowest BCUT2D eigenvalue weighted by Gasteiger charge is -2.28. The first kappa shape index (κ1) is 12.1. The number of benzene rings is 1. The van der Waals surface area contributed by atoms with Gasteiger partial charge in [0.05, 0.1) is 0 Å². The average molecular weight is 278 g/mol. The van der Waals surface area contributed by atoms with Crippen LogP contribution in [-0.4, -0.2) is 17.4 Å². The number of hydrogen-bond acceptors (Lipinski definition) is 3. The fourth-order valence-corrected chi connectivity index (χ4v) is 2.85. The van der Waals surface area contributed by atoms with Gasteiger partial charge in [0.1, 0.15) is 5.52 Å². The van der Waals surface area contributed by atoms with Crippen LogP contribution in [0.2, 0.25) is 0 Å². The van der Waals surface area contributed by atoms with Crippen molar-refractivity contribution in [1.29, 1.82) is 0 Å². The lowest BCUT2D eigenvalue weighted by Crippen LogP contribution is -2.35. The van der Waals surface area contributed by atoms with Gasteiger partial charge in [-0.05, 0) is 36.6 Å². The van der Waals surface area contributed by atoms with Crippen LogP contribution in [0.5, 0.6) is 0 Å². The number of para-hydroxylation sites is 1. The molecule has 0 saturated heterocycles. The number of furan rings is 1. The first-order valence-corrected chi connectivity index (χ1v) is 7.07. The van der Waals surface area contributed by atoms with E-state index >= 15 is 0 Å². The Morgan fingerprint density at radius 3 is 3.00 bits per heavy atom. The van der Waals surface area contributed by atoms with Gasteiger partial charge >= 0.3 is 0 Å². The fraction of sp³-hybridized carbons (Fsp3) is 0.176. The van der Waals surface area contributed by atoms with Crippen LogP contribution in [0.4, 0.5) is 5.69 Å². The summed E-state index contributed by atoms with van der Waals surface area (Å²) in [6.45, 7) is 0.723. The molecule has 0 N–H and O–H groups in total. The van der Waals surface area contributed by atoms with Crippen molar-refractivity contribution in [2.75, 3.05) is 11.4 Å². The molecular formula is C17H14N2O2. The van der Waals surface area contributed by atoms with Crippen molar-refractivity contribution in [3.8, 4) is 0 Å². The fourth-order valence-electron chi connectivity index (χ4n) is 2.85. The highest BCUT2D eigenvalue weighted by atomic mass is 16.3. The molecule has 1 amide bonds. The summed E-state index contributed by atoms with van der Waals surface area (Å²) in [5.74, 6) is 0.251. The first-order chi connectivity index (χ1) is 10.3. The minimum atomic E-state index is -0.0971. The Bertz CT molecular complexity index is 789. The summed E-state index contributed by atoms with van der Waals surface area (Å²) in [6, 6.07) is 13.4. The van der Waals surface area contributed by atoms with E-state index < -0.39 is 0 Å². The third-order valence-corrected chi connectivity index (χ3v) is 3.85. The highest BCUT2D eigenvalue weighted by Crippen LogP contribution is 2.29. The van der Waals surface area contributed by atoms with Crippen molar-refractivity contribution >= 4 is 22.7 Å². The van der Waals surface area contributed by atoms with Crippen LogP contribution in [0.1, 0.15) is 22.5 Å². The summed E-state index contributed by atoms with van der Waals surface area (Å²) in [5.41, 5.74) is 3.56. The number of rotatable bonds is 1. The van der Waals surface area contributed by atoms with Crippen LogP contribution < -0.4 is 4.90 Å². The number of pyridine rings is 1. The van der Waals surface area contributed by atoms with Gasteiger partial charge in [0, 0.05) is 24.5 Å². The molecule has 0 radical (unpaired) electrons. The van der Waals surface area contributed by atoms with E-state index in [1.807, 2.05) is 24.3 Å². The molecule has 21 heavy (non-hydrogen) atoms. The van der Waals surface area contributed by atoms with Gasteiger partial charge in [0.2, 0.25) is 0 Å². The van der Waals surface area contributed by atoms with Crippen molar-refractivity contribution < 1.29 is 9.21 Å². The van der Waals surface area contributed by atoms with Gasteiger partial charge < -0.3 is 9.32 Å². The minimum absolute atomic E-state index is 0.0971. The van der Waals surface area contributed by atoms with Crippen LogP contribution in [0.15, 0.2) is 53.1 Å². The maximum absolute atomic E-state index is 12.7. The van der Waals surface area contributed by atoms with Gasteiger partial charge in [0.15, 0.2) is 11.3 Å². The summed E-state index contributed by atoms with van der Waals surface area (Å²) >= 11 is 0. The molecule has 0 spiro atoms. The summed E-state index contributed by atoms with van der Waals surface area (Å²) in [5, 5.41) is 0. The Kier molecular flexibility index (Phi) is 2.74. The molecule has 3 aromatic rings. The largest absolute Gasteiger partial charge is 0.449 e. The topological polar surface area (TPSA) is 46.3 Å². The van der Waals surface area contributed by atoms with Crippen molar-refractivity contribution in [1.82, 2.24) is 4.98 Å². The Morgan fingerprint density at radius 1 is 1.19 bits per heavy atom. The molecule has 4 heteroatoms. The van der Waals surface area contributed by atoms with Crippen LogP contribution in [0, 0.1) is 0 Å². The second-order valence-electron chi connectivity index (χ2n) is 5.19. The molecule has 4 nitrogen and oxygen atoms in total. The van der Waals surface area contributed by atoms with Gasteiger partial charge in [0.25, 0.3) is 5.91 Å². The highest BCUT2D eigenvalue weighted by molar-refractivity contribution is 6.06. The Morgan fingerprint density at radius 2 is 2.10 bits per heavy atom. The molecule has 1 aliphatic heterocycles. The zero-order valence-electron chi connectivity index (χ0n) is 11.5. The molecule has 0 saturated carbocycles. The number of fused-ring (bicyclic) bond motifs is 2. The van der Waals surface area contributed by atoms with Gasteiger partial charge in [-0.1, -0.05) is 18.2 Å². The molecule has 0 atom stereocenters. The SMILES string of the molecule is O=C(c1cc2ncccc2o1)N1CCCc2ccccc21. The van der Waals surface area contributed by atoms with Gasteiger partial charge in [-0.25, -0.2) is 0 Å². The average Bonchev–Trinajstić information content (AvgIpc) is 2.97. The Balaban J connectivity index is 1.75. The number of hydrogen-bond donors (Lipinski definition) is 0. The third kappa shape index (κ3) is 2.00. The normalized spacial score (nSPS) is 14.2. The summed E-state index contributed by atoms with van der Waals surface area (Å²) in [4.78, 5) is 18.7. The van der Waals surface area contributed by atoms with Crippen molar-refractivity contribution in [3.05, 3.63) is 60.0 Å². The maximum Gasteiger partial charge on any atom is 0.294 e. The van der Waals surface area contributed by atoms with Crippen LogP contribution in [-0.2, 0) is 6.42 Å². The van der Waals surface area contributed by atoms with Crippen molar-refractivity contribution in [2.24, 2.45) is 0 Å². The summed E-state index contributed by atoms with van der Waals surface area (Å²) in [7, 11) is 0. The quantitative estimate of drug-likeness (QED) is 0.685. The van der Waals surface area contributed by atoms with Gasteiger partial charge in [-0.3, -0.25) is 9.78 Å². The van der Waals surface area contributed by atoms with Crippen LogP contribution >= 0.6 is 0 Å². The molecular weight excluding hydrogens is 264 g/mol. The second-order valence-corrected chi connectivity index (χ2v) is 5.19. The predicted molar refractivity (Wildman–Crippen MR) is 80.4 cm³/mol. The molecule has 0 bridgehead atoms. The zero-order chi connectivity index (χ0) is 14.2. The highest BCUT2D eigenvalue weighted by Gasteiger charge is 2.25. The minimum Gasteiger partial charge on any atom is -0.449 e. The van der Waals surface area contributed by atoms with E-state index in [0.717, 1.165) is 25.1 Å². The molecule has 4 rings (SSSR count). The lowest BCUT2D eigenvalue weighted by molar-refractivity contribution is 0.0960. The van der Waals surface area contributed by atoms with E-state index in [9.17, 15) is 4.79 Å². The zero-order valence-corrected chi connectivity index (χ0v) is 11.5. The lowest BCUT2D eigenvalue weighted by atomic mass is 10.0. The number of nitrogens with zero attached hydrogens (tertiary/aromatic N) is 2. The predicted octanol–water partition coefficient (Wildman–Crippen LogP) is 3.42. The summed E-state index contributed by atoms with van der Waals surface area (Å²) in [6.07, 6.45) is 3.69. The number of aromatic nitrogens is 1. The number of aryl methyl sites for hydroxylation is 1. The van der Waals surface area contributed by atoms with Gasteiger partial charge in [-0.15, -0.1) is 0 Å². The molecule has 0 aliphatic carbocycles. The van der Waals surface area contributed by atoms with E-state index in [4.69, 9.17) is 4.42 Å². The van der Waals surface area contributed by atoms with Crippen molar-refractivity contribution in [3.63, 3.8) is 0 Å². The molecule has 1 aromatic carbocycles. The summed E-state index contributed by atoms with van der Waals surface area (Å²) < 4.78 is 5.64. The number of amides is 1. The molecule has 0 unspecified atom stereocenters. The molecule has 3 heterocycles. The van der Waals surface area contributed by atoms with E-state index in [0.29, 0.717) is 16.9 Å². The smallest absolute Gasteiger partial charge is 0.294 e.